The molecule has 3 aromatic rings. The fourth-order valence-electron chi connectivity index (χ4n) is 4.22. The minimum Gasteiger partial charge on any atom is -0.384 e. The average molecular weight is 519 g/mol. The maximum Gasteiger partial charge on any atom is 0.254 e. The molecule has 1 fully saturated rings. The number of hydrogen-bond donors (Lipinski definition) is 3. The standard InChI is InChI=1S/C27H27BrN4O2/c28-24-17-21(11-12-22(24)27(34)32-13-4-5-14-32)31-26(33)23(15-18-7-2-1-3-8-18)19-9-6-10-20(16-19)25(29)30/h1-3,6-12,16-17,23H,4-5,13-15H2,(H3,29,30)(H,31,33). The fraction of sp³-hybridized carbons (Fsp3) is 0.222. The second-order valence-electron chi connectivity index (χ2n) is 8.46. The lowest BCUT2D eigenvalue weighted by Crippen LogP contribution is -2.28. The van der Waals surface area contributed by atoms with Crippen LogP contribution in [0.15, 0.2) is 77.3 Å². The number of nitrogens with two attached hydrogens (primary N) is 1. The summed E-state index contributed by atoms with van der Waals surface area (Å²) in [5.74, 6) is -0.686. The first-order chi connectivity index (χ1) is 16.4. The van der Waals surface area contributed by atoms with E-state index in [9.17, 15) is 9.59 Å². The highest BCUT2D eigenvalue weighted by Crippen LogP contribution is 2.27. The summed E-state index contributed by atoms with van der Waals surface area (Å²) < 4.78 is 0.653. The number of anilines is 1. The fourth-order valence-corrected chi connectivity index (χ4v) is 4.77. The number of nitrogens with one attached hydrogen (secondary N) is 2. The molecule has 1 aliphatic rings. The number of carbonyl (C=O) groups is 2. The smallest absolute Gasteiger partial charge is 0.254 e. The summed E-state index contributed by atoms with van der Waals surface area (Å²) in [6, 6.07) is 22.4. The molecular formula is C27H27BrN4O2. The maximum absolute atomic E-state index is 13.5. The molecule has 0 radical (unpaired) electrons. The van der Waals surface area contributed by atoms with E-state index in [1.807, 2.05) is 47.4 Å². The number of rotatable bonds is 7. The number of likely N-dealkylation sites (tertiary alicyclic amines) is 1. The van der Waals surface area contributed by atoms with Crippen LogP contribution in [0.1, 0.15) is 45.8 Å². The molecule has 1 unspecified atom stereocenters. The summed E-state index contributed by atoms with van der Waals surface area (Å²) in [5.41, 5.74) is 9.28. The molecule has 1 saturated heterocycles. The molecule has 4 N–H and O–H groups in total. The third kappa shape index (κ3) is 5.54. The summed E-state index contributed by atoms with van der Waals surface area (Å²) in [4.78, 5) is 28.1. The van der Waals surface area contributed by atoms with E-state index in [0.717, 1.165) is 37.1 Å². The Hall–Kier alpha value is -3.45. The summed E-state index contributed by atoms with van der Waals surface area (Å²) >= 11 is 3.51. The van der Waals surface area contributed by atoms with Gasteiger partial charge in [0.2, 0.25) is 5.91 Å². The van der Waals surface area contributed by atoms with Crippen molar-refractivity contribution in [3.05, 3.63) is 99.5 Å². The predicted octanol–water partition coefficient (Wildman–Crippen LogP) is 4.93. The Labute approximate surface area is 207 Å². The van der Waals surface area contributed by atoms with Gasteiger partial charge in [-0.3, -0.25) is 15.0 Å². The van der Waals surface area contributed by atoms with Gasteiger partial charge in [0.05, 0.1) is 11.5 Å². The van der Waals surface area contributed by atoms with Crippen molar-refractivity contribution >= 4 is 39.3 Å². The first-order valence-electron chi connectivity index (χ1n) is 11.3. The topological polar surface area (TPSA) is 99.3 Å². The molecule has 6 nitrogen and oxygen atoms in total. The molecule has 2 amide bonds. The molecule has 3 aromatic carbocycles. The number of amidine groups is 1. The first-order valence-corrected chi connectivity index (χ1v) is 12.1. The first kappa shape index (κ1) is 23.7. The van der Waals surface area contributed by atoms with E-state index in [2.05, 4.69) is 21.2 Å². The molecule has 1 atom stereocenters. The molecule has 1 aliphatic heterocycles. The van der Waals surface area contributed by atoms with E-state index in [0.29, 0.717) is 27.7 Å². The van der Waals surface area contributed by atoms with Gasteiger partial charge in [0.25, 0.3) is 5.91 Å². The highest BCUT2D eigenvalue weighted by Gasteiger charge is 2.24. The molecule has 7 heteroatoms. The Kier molecular flexibility index (Phi) is 7.43. The van der Waals surface area contributed by atoms with Crippen LogP contribution in [-0.4, -0.2) is 35.6 Å². The van der Waals surface area contributed by atoms with Crippen molar-refractivity contribution in [2.45, 2.75) is 25.2 Å². The van der Waals surface area contributed by atoms with Crippen LogP contribution in [0, 0.1) is 5.41 Å². The number of benzene rings is 3. The molecule has 174 valence electrons. The van der Waals surface area contributed by atoms with Gasteiger partial charge >= 0.3 is 0 Å². The van der Waals surface area contributed by atoms with Crippen LogP contribution in [0.5, 0.6) is 0 Å². The maximum atomic E-state index is 13.5. The van der Waals surface area contributed by atoms with Crippen molar-refractivity contribution in [1.82, 2.24) is 4.90 Å². The Bertz CT molecular complexity index is 1210. The van der Waals surface area contributed by atoms with Gasteiger partial charge in [-0.25, -0.2) is 0 Å². The molecule has 0 aromatic heterocycles. The second-order valence-corrected chi connectivity index (χ2v) is 9.32. The van der Waals surface area contributed by atoms with Crippen LogP contribution in [0.2, 0.25) is 0 Å². The molecule has 1 heterocycles. The van der Waals surface area contributed by atoms with E-state index < -0.39 is 5.92 Å². The van der Waals surface area contributed by atoms with Gasteiger partial charge < -0.3 is 16.0 Å². The summed E-state index contributed by atoms with van der Waals surface area (Å²) in [7, 11) is 0. The van der Waals surface area contributed by atoms with Gasteiger partial charge in [0.1, 0.15) is 5.84 Å². The Morgan fingerprint density at radius 1 is 1.00 bits per heavy atom. The quantitative estimate of drug-likeness (QED) is 0.305. The number of halogens is 1. The minimum atomic E-state index is -0.480. The molecular weight excluding hydrogens is 492 g/mol. The second kappa shape index (κ2) is 10.7. The zero-order valence-electron chi connectivity index (χ0n) is 18.8. The molecule has 0 aliphatic carbocycles. The summed E-state index contributed by atoms with van der Waals surface area (Å²) in [6.07, 6.45) is 2.57. The van der Waals surface area contributed by atoms with Crippen LogP contribution in [0.3, 0.4) is 0 Å². The van der Waals surface area contributed by atoms with Crippen molar-refractivity contribution < 1.29 is 9.59 Å². The predicted molar refractivity (Wildman–Crippen MR) is 138 cm³/mol. The molecule has 0 spiro atoms. The Balaban J connectivity index is 1.58. The van der Waals surface area contributed by atoms with Gasteiger partial charge in [-0.1, -0.05) is 48.5 Å². The normalized spacial score (nSPS) is 14.0. The molecule has 34 heavy (non-hydrogen) atoms. The summed E-state index contributed by atoms with van der Waals surface area (Å²) in [5, 5.41) is 10.8. The lowest BCUT2D eigenvalue weighted by atomic mass is 9.90. The lowest BCUT2D eigenvalue weighted by molar-refractivity contribution is -0.117. The van der Waals surface area contributed by atoms with E-state index in [1.165, 1.54) is 0 Å². The Morgan fingerprint density at radius 2 is 1.74 bits per heavy atom. The number of nitrogen functional groups attached to an aromatic ring is 1. The van der Waals surface area contributed by atoms with Crippen LogP contribution < -0.4 is 11.1 Å². The van der Waals surface area contributed by atoms with E-state index >= 15 is 0 Å². The number of hydrogen-bond acceptors (Lipinski definition) is 3. The lowest BCUT2D eigenvalue weighted by Gasteiger charge is -2.19. The summed E-state index contributed by atoms with van der Waals surface area (Å²) in [6.45, 7) is 1.56. The monoisotopic (exact) mass is 518 g/mol. The van der Waals surface area contributed by atoms with Crippen LogP contribution in [0.25, 0.3) is 0 Å². The number of carbonyl (C=O) groups excluding carboxylic acids is 2. The van der Waals surface area contributed by atoms with Crippen LogP contribution >= 0.6 is 15.9 Å². The van der Waals surface area contributed by atoms with Gasteiger partial charge in [0.15, 0.2) is 0 Å². The van der Waals surface area contributed by atoms with Crippen molar-refractivity contribution in [1.29, 1.82) is 5.41 Å². The van der Waals surface area contributed by atoms with Gasteiger partial charge in [0, 0.05) is 28.8 Å². The zero-order chi connectivity index (χ0) is 24.1. The van der Waals surface area contributed by atoms with Gasteiger partial charge in [-0.05, 0) is 70.6 Å². The van der Waals surface area contributed by atoms with Crippen molar-refractivity contribution in [2.75, 3.05) is 18.4 Å². The van der Waals surface area contributed by atoms with Gasteiger partial charge in [-0.15, -0.1) is 0 Å². The van der Waals surface area contributed by atoms with Gasteiger partial charge in [-0.2, -0.15) is 0 Å². The number of nitrogens with zero attached hydrogens (tertiary/aromatic N) is 1. The largest absolute Gasteiger partial charge is 0.384 e. The highest BCUT2D eigenvalue weighted by atomic mass is 79.9. The van der Waals surface area contributed by atoms with Crippen molar-refractivity contribution in [3.63, 3.8) is 0 Å². The highest BCUT2D eigenvalue weighted by molar-refractivity contribution is 9.10. The van der Waals surface area contributed by atoms with Crippen molar-refractivity contribution in [3.8, 4) is 0 Å². The minimum absolute atomic E-state index is 0.00486. The SMILES string of the molecule is N=C(N)c1cccc(C(Cc2ccccc2)C(=O)Nc2ccc(C(=O)N3CCCC3)c(Br)c2)c1. The van der Waals surface area contributed by atoms with E-state index in [1.54, 1.807) is 30.3 Å². The molecule has 4 rings (SSSR count). The van der Waals surface area contributed by atoms with E-state index in [-0.39, 0.29) is 17.6 Å². The third-order valence-electron chi connectivity index (χ3n) is 6.06. The van der Waals surface area contributed by atoms with Crippen LogP contribution in [-0.2, 0) is 11.2 Å². The molecule has 0 bridgehead atoms. The van der Waals surface area contributed by atoms with Crippen LogP contribution in [0.4, 0.5) is 5.69 Å². The Morgan fingerprint density at radius 3 is 2.41 bits per heavy atom. The molecule has 0 saturated carbocycles. The average Bonchev–Trinajstić information content (AvgIpc) is 3.38. The van der Waals surface area contributed by atoms with Crippen molar-refractivity contribution in [2.24, 2.45) is 5.73 Å². The van der Waals surface area contributed by atoms with E-state index in [4.69, 9.17) is 11.1 Å². The third-order valence-corrected chi connectivity index (χ3v) is 6.72. The number of amides is 2. The zero-order valence-corrected chi connectivity index (χ0v) is 20.3.